The number of thiazole rings is 1. The topological polar surface area (TPSA) is 225 Å². The summed E-state index contributed by atoms with van der Waals surface area (Å²) in [6, 6.07) is 20.5. The number of nitrogens with one attached hydrogen (secondary N) is 1. The number of fused-ring (bicyclic) bond motifs is 2. The van der Waals surface area contributed by atoms with Crippen molar-refractivity contribution in [2.45, 2.75) is 83.1 Å². The van der Waals surface area contributed by atoms with Gasteiger partial charge in [0.15, 0.2) is 11.6 Å². The normalized spacial score (nSPS) is 20.9. The Morgan fingerprint density at radius 1 is 0.920 bits per heavy atom. The van der Waals surface area contributed by atoms with E-state index < -0.39 is 18.1 Å². The highest BCUT2D eigenvalue weighted by molar-refractivity contribution is 7.13. The number of piperazine rings is 2. The number of nitrogen functional groups attached to an aromatic ring is 1. The zero-order chi connectivity index (χ0) is 52.3. The Morgan fingerprint density at radius 3 is 2.31 bits per heavy atom. The maximum atomic E-state index is 14.3. The number of aliphatic hydroxyl groups is 1. The molecule has 75 heavy (non-hydrogen) atoms. The van der Waals surface area contributed by atoms with Crippen molar-refractivity contribution in [2.24, 2.45) is 5.92 Å². The van der Waals surface area contributed by atoms with Crippen LogP contribution >= 0.6 is 22.9 Å². The number of carbonyl (C=O) groups is 2. The number of likely N-dealkylation sites (tertiary alicyclic amines) is 1. The van der Waals surface area contributed by atoms with Gasteiger partial charge in [0.1, 0.15) is 35.9 Å². The molecular weight excluding hydrogens is 996 g/mol. The summed E-state index contributed by atoms with van der Waals surface area (Å²) in [5.74, 6) is -0.430. The van der Waals surface area contributed by atoms with Gasteiger partial charge >= 0.3 is 0 Å². The number of nitrogens with two attached hydrogens (primary N) is 1. The van der Waals surface area contributed by atoms with E-state index in [0.717, 1.165) is 91.7 Å². The summed E-state index contributed by atoms with van der Waals surface area (Å²) in [5, 5.41) is 37.1. The smallest absolute Gasteiger partial charge is 0.273 e. The highest BCUT2D eigenvalue weighted by atomic mass is 35.5. The van der Waals surface area contributed by atoms with Gasteiger partial charge in [0.05, 0.1) is 39.6 Å². The van der Waals surface area contributed by atoms with Crippen molar-refractivity contribution in [3.05, 3.63) is 100 Å². The monoisotopic (exact) mass is 1060 g/mol. The Labute approximate surface area is 445 Å². The number of anilines is 3. The molecule has 8 heterocycles. The Kier molecular flexibility index (Phi) is 15.7. The molecule has 21 heteroatoms. The highest BCUT2D eigenvalue weighted by Crippen LogP contribution is 2.41. The van der Waals surface area contributed by atoms with Crippen LogP contribution in [-0.4, -0.2) is 158 Å². The highest BCUT2D eigenvalue weighted by Gasteiger charge is 2.45. The number of hydrogen-bond acceptors (Lipinski definition) is 18. The van der Waals surface area contributed by atoms with Gasteiger partial charge in [-0.25, -0.2) is 9.97 Å². The number of pyridine rings is 1. The second-order valence-electron chi connectivity index (χ2n) is 20.3. The molecule has 5 N–H and O–H groups in total. The van der Waals surface area contributed by atoms with Crippen LogP contribution in [0.5, 0.6) is 17.5 Å². The lowest BCUT2D eigenvalue weighted by Crippen LogP contribution is -2.54. The molecule has 6 aromatic rings. The minimum atomic E-state index is -0.878. The predicted octanol–water partition coefficient (Wildman–Crippen LogP) is 6.41. The average Bonchev–Trinajstić information content (AvgIpc) is 4.20. The van der Waals surface area contributed by atoms with Gasteiger partial charge in [-0.05, 0) is 73.2 Å². The molecule has 4 aromatic heterocycles. The fourth-order valence-electron chi connectivity index (χ4n) is 11.1. The third-order valence-corrected chi connectivity index (χ3v) is 16.4. The number of aromatic nitrogens is 5. The first-order valence-electron chi connectivity index (χ1n) is 25.8. The van der Waals surface area contributed by atoms with E-state index >= 15 is 0 Å². The number of phenols is 1. The lowest BCUT2D eigenvalue weighted by atomic mass is 9.91. The number of hydrogen-bond donors (Lipinski definition) is 4. The standard InChI is InChI=1S/C54H65ClN12O7S/c1-32(2)47(54(71)66-30-40(68)26-44(66)52(70)59-33(3)35-9-11-36(12-10-35)50-34(4)58-31-75-50)49-48(55)53(62-74-49)73-24-22-64-19-17-63(18-20-64)21-23-72-46-25-37(15-16-57-46)67-38-13-14-39(67)29-65(28-38)43-27-42(60-61-51(43)56)41-7-5-6-8-45(41)69/h5-12,15-16,25,27,31-33,38-40,44,47,68-69H,13-14,17-24,26,28-30H2,1-4H3,(H2,56,61)(H,59,70)/t33-,38?,39?,40+,44-,47-/m0/s1. The zero-order valence-corrected chi connectivity index (χ0v) is 44.3. The van der Waals surface area contributed by atoms with E-state index in [9.17, 15) is 19.8 Å². The number of benzene rings is 2. The van der Waals surface area contributed by atoms with E-state index in [1.807, 2.05) is 87.9 Å². The number of amides is 2. The number of para-hydroxylation sites is 1. The quantitative estimate of drug-likeness (QED) is 0.0730. The molecule has 4 aliphatic heterocycles. The summed E-state index contributed by atoms with van der Waals surface area (Å²) in [4.78, 5) is 49.0. The van der Waals surface area contributed by atoms with Crippen molar-refractivity contribution < 1.29 is 33.8 Å². The number of nitrogens with zero attached hydrogens (tertiary/aromatic N) is 10. The molecular formula is C54H65ClN12O7S. The molecule has 396 valence electrons. The Morgan fingerprint density at radius 2 is 1.63 bits per heavy atom. The van der Waals surface area contributed by atoms with Crippen molar-refractivity contribution in [2.75, 3.05) is 87.7 Å². The van der Waals surface area contributed by atoms with Crippen LogP contribution in [0, 0.1) is 12.8 Å². The molecule has 0 saturated carbocycles. The van der Waals surface area contributed by atoms with Gasteiger partial charge in [-0.15, -0.1) is 21.5 Å². The van der Waals surface area contributed by atoms with Gasteiger partial charge in [-0.1, -0.05) is 61.8 Å². The fraction of sp³-hybridized carbons (Fsp3) is 0.463. The van der Waals surface area contributed by atoms with Crippen LogP contribution in [0.4, 0.5) is 17.2 Å². The number of phenolic OH excluding ortho intramolecular Hbond substituents is 1. The molecule has 4 aliphatic rings. The van der Waals surface area contributed by atoms with Crippen LogP contribution in [0.1, 0.15) is 69.0 Å². The van der Waals surface area contributed by atoms with Crippen molar-refractivity contribution in [1.82, 2.24) is 45.3 Å². The SMILES string of the molecule is Cc1ncsc1-c1ccc([C@H](C)NC(=O)[C@@H]2C[C@@H](O)CN2C(=O)[C@H](c2onc(OCCN3CCN(CCOc4cc(N5C6CCC5CN(c5cc(-c7ccccc7O)nnc5N)C6)ccn4)CC3)c2Cl)C(C)C)cc1. The summed E-state index contributed by atoms with van der Waals surface area (Å²) in [6.07, 6.45) is 3.19. The van der Waals surface area contributed by atoms with Gasteiger partial charge < -0.3 is 50.0 Å². The first-order chi connectivity index (χ1) is 36.3. The number of aliphatic hydroxyl groups excluding tert-OH is 1. The number of aromatic hydroxyl groups is 1. The third kappa shape index (κ3) is 11.4. The van der Waals surface area contributed by atoms with E-state index in [1.54, 1.807) is 23.5 Å². The minimum absolute atomic E-state index is 0.00786. The third-order valence-electron chi connectivity index (χ3n) is 15.1. The molecule has 2 unspecified atom stereocenters. The lowest BCUT2D eigenvalue weighted by Gasteiger charge is -2.43. The molecule has 2 aromatic carbocycles. The summed E-state index contributed by atoms with van der Waals surface area (Å²) < 4.78 is 18.0. The Balaban J connectivity index is 0.666. The molecule has 0 spiro atoms. The zero-order valence-electron chi connectivity index (χ0n) is 42.7. The maximum absolute atomic E-state index is 14.3. The first-order valence-corrected chi connectivity index (χ1v) is 27.1. The van der Waals surface area contributed by atoms with Crippen LogP contribution in [0.15, 0.2) is 83.0 Å². The second-order valence-corrected chi connectivity index (χ2v) is 21.6. The Hall–Kier alpha value is -6.58. The minimum Gasteiger partial charge on any atom is -0.507 e. The number of ether oxygens (including phenoxy) is 2. The largest absolute Gasteiger partial charge is 0.507 e. The molecule has 0 aliphatic carbocycles. The van der Waals surface area contributed by atoms with E-state index in [-0.39, 0.29) is 71.2 Å². The molecule has 10 rings (SSSR count). The maximum Gasteiger partial charge on any atom is 0.273 e. The lowest BCUT2D eigenvalue weighted by molar-refractivity contribution is -0.141. The molecule has 2 amide bonds. The van der Waals surface area contributed by atoms with Crippen LogP contribution in [0.2, 0.25) is 5.02 Å². The molecule has 4 fully saturated rings. The number of rotatable bonds is 18. The number of aryl methyl sites for hydroxylation is 1. The van der Waals surface area contributed by atoms with Crippen molar-refractivity contribution in [3.63, 3.8) is 0 Å². The summed E-state index contributed by atoms with van der Waals surface area (Å²) in [5.41, 5.74) is 14.3. The van der Waals surface area contributed by atoms with Crippen molar-refractivity contribution >= 4 is 51.9 Å². The molecule has 0 radical (unpaired) electrons. The summed E-state index contributed by atoms with van der Waals surface area (Å²) >= 11 is 8.43. The van der Waals surface area contributed by atoms with Gasteiger partial charge in [0.2, 0.25) is 17.7 Å². The second kappa shape index (κ2) is 22.7. The first kappa shape index (κ1) is 51.9. The molecule has 2 bridgehead atoms. The number of halogens is 1. The predicted molar refractivity (Wildman–Crippen MR) is 287 cm³/mol. The van der Waals surface area contributed by atoms with E-state index in [1.165, 1.54) is 4.90 Å². The Bertz CT molecular complexity index is 2940. The van der Waals surface area contributed by atoms with Crippen LogP contribution < -0.4 is 30.3 Å². The van der Waals surface area contributed by atoms with Gasteiger partial charge in [-0.3, -0.25) is 19.4 Å². The van der Waals surface area contributed by atoms with E-state index in [0.29, 0.717) is 42.7 Å². The van der Waals surface area contributed by atoms with Crippen molar-refractivity contribution in [3.8, 4) is 39.2 Å². The fourth-order valence-corrected chi connectivity index (χ4v) is 12.1. The van der Waals surface area contributed by atoms with Crippen molar-refractivity contribution in [1.29, 1.82) is 0 Å². The van der Waals surface area contributed by atoms with E-state index in [2.05, 4.69) is 56.3 Å². The number of β-amino-alcohol motifs (C(OH)–C–C–N with tert-alkyl or cyclic N) is 1. The van der Waals surface area contributed by atoms with E-state index in [4.69, 9.17) is 31.3 Å². The van der Waals surface area contributed by atoms with Crippen LogP contribution in [-0.2, 0) is 9.59 Å². The molecule has 6 atom stereocenters. The van der Waals surface area contributed by atoms with Crippen LogP contribution in [0.3, 0.4) is 0 Å². The summed E-state index contributed by atoms with van der Waals surface area (Å²) in [7, 11) is 0. The van der Waals surface area contributed by atoms with Gasteiger partial charge in [0, 0.05) is 101 Å². The van der Waals surface area contributed by atoms with Gasteiger partial charge in [-0.2, -0.15) is 0 Å². The van der Waals surface area contributed by atoms with Crippen LogP contribution in [0.25, 0.3) is 21.7 Å². The average molecular weight is 1060 g/mol. The number of carbonyl (C=O) groups excluding carboxylic acids is 2. The molecule has 4 saturated heterocycles. The molecule has 19 nitrogen and oxygen atoms in total. The van der Waals surface area contributed by atoms with Gasteiger partial charge in [0.25, 0.3) is 5.88 Å². The summed E-state index contributed by atoms with van der Waals surface area (Å²) in [6.45, 7) is 14.9.